The van der Waals surface area contributed by atoms with Crippen LogP contribution in [0.4, 0.5) is 0 Å². The van der Waals surface area contributed by atoms with Crippen molar-refractivity contribution in [2.45, 2.75) is 19.4 Å². The van der Waals surface area contributed by atoms with Crippen LogP contribution >= 0.6 is 11.3 Å². The lowest BCUT2D eigenvalue weighted by Crippen LogP contribution is -2.22. The summed E-state index contributed by atoms with van der Waals surface area (Å²) in [5, 5.41) is 12.2. The zero-order valence-corrected chi connectivity index (χ0v) is 13.2. The van der Waals surface area contributed by atoms with Crippen LogP contribution in [0.5, 0.6) is 5.75 Å². The zero-order valence-electron chi connectivity index (χ0n) is 12.4. The van der Waals surface area contributed by atoms with E-state index in [0.717, 1.165) is 21.8 Å². The molecule has 2 aromatic carbocycles. The maximum absolute atomic E-state index is 11.1. The Morgan fingerprint density at radius 1 is 1.10 bits per heavy atom. The van der Waals surface area contributed by atoms with Crippen molar-refractivity contribution < 1.29 is 9.84 Å². The molecule has 1 N–H and O–H groups in total. The Morgan fingerprint density at radius 3 is 2.52 bits per heavy atom. The van der Waals surface area contributed by atoms with Gasteiger partial charge < -0.3 is 9.84 Å². The highest BCUT2D eigenvalue weighted by molar-refractivity contribution is 7.19. The third-order valence-corrected chi connectivity index (χ3v) is 5.19. The van der Waals surface area contributed by atoms with Crippen LogP contribution in [-0.4, -0.2) is 12.2 Å². The van der Waals surface area contributed by atoms with Crippen molar-refractivity contribution in [1.82, 2.24) is 0 Å². The van der Waals surface area contributed by atoms with Gasteiger partial charge in [0.25, 0.3) is 0 Å². The van der Waals surface area contributed by atoms with E-state index >= 15 is 0 Å². The molecule has 0 saturated heterocycles. The van der Waals surface area contributed by atoms with Crippen molar-refractivity contribution in [1.29, 1.82) is 0 Å². The number of thiophene rings is 1. The molecule has 0 amide bonds. The van der Waals surface area contributed by atoms with Crippen molar-refractivity contribution in [3.05, 3.63) is 64.5 Å². The summed E-state index contributed by atoms with van der Waals surface area (Å²) in [6.45, 7) is 3.85. The Labute approximate surface area is 128 Å². The van der Waals surface area contributed by atoms with E-state index in [1.54, 1.807) is 18.4 Å². The van der Waals surface area contributed by atoms with Crippen molar-refractivity contribution in [3.63, 3.8) is 0 Å². The summed E-state index contributed by atoms with van der Waals surface area (Å²) in [7, 11) is 1.65. The number of aryl methyl sites for hydroxylation is 1. The van der Waals surface area contributed by atoms with Gasteiger partial charge in [-0.05, 0) is 54.6 Å². The summed E-state index contributed by atoms with van der Waals surface area (Å²) in [5.74, 6) is 0.809. The molecule has 0 aliphatic carbocycles. The average molecular weight is 298 g/mol. The first kappa shape index (κ1) is 14.1. The fourth-order valence-corrected chi connectivity index (χ4v) is 3.79. The van der Waals surface area contributed by atoms with Crippen LogP contribution in [0, 0.1) is 6.92 Å². The van der Waals surface area contributed by atoms with Crippen molar-refractivity contribution in [2.75, 3.05) is 7.11 Å². The Kier molecular flexibility index (Phi) is 3.47. The summed E-state index contributed by atoms with van der Waals surface area (Å²) in [6, 6.07) is 16.1. The van der Waals surface area contributed by atoms with E-state index in [-0.39, 0.29) is 0 Å². The van der Waals surface area contributed by atoms with Crippen LogP contribution in [0.3, 0.4) is 0 Å². The van der Waals surface area contributed by atoms with Crippen LogP contribution in [-0.2, 0) is 5.60 Å². The fourth-order valence-electron chi connectivity index (χ4n) is 2.66. The number of benzene rings is 2. The molecule has 0 radical (unpaired) electrons. The molecule has 3 heteroatoms. The fraction of sp³-hybridized carbons (Fsp3) is 0.222. The molecular weight excluding hydrogens is 280 g/mol. The number of fused-ring (bicyclic) bond motifs is 1. The number of aliphatic hydroxyl groups is 1. The number of ether oxygens (including phenoxy) is 1. The normalized spacial score (nSPS) is 14.1. The van der Waals surface area contributed by atoms with E-state index in [0.29, 0.717) is 0 Å². The number of hydrogen-bond donors (Lipinski definition) is 1. The number of hydrogen-bond acceptors (Lipinski definition) is 3. The van der Waals surface area contributed by atoms with Crippen molar-refractivity contribution >= 4 is 21.4 Å². The lowest BCUT2D eigenvalue weighted by molar-refractivity contribution is 0.105. The van der Waals surface area contributed by atoms with E-state index in [9.17, 15) is 5.11 Å². The molecule has 1 aromatic heterocycles. The predicted molar refractivity (Wildman–Crippen MR) is 88.2 cm³/mol. The van der Waals surface area contributed by atoms with E-state index in [2.05, 4.69) is 18.2 Å². The SMILES string of the molecule is COc1ccc(C(C)(O)c2cc3ccccc3s2)c(C)c1. The van der Waals surface area contributed by atoms with Gasteiger partial charge in [0.05, 0.1) is 7.11 Å². The van der Waals surface area contributed by atoms with Gasteiger partial charge in [-0.2, -0.15) is 0 Å². The van der Waals surface area contributed by atoms with Gasteiger partial charge in [0, 0.05) is 9.58 Å². The highest BCUT2D eigenvalue weighted by Crippen LogP contribution is 2.39. The minimum absolute atomic E-state index is 0.809. The monoisotopic (exact) mass is 298 g/mol. The smallest absolute Gasteiger partial charge is 0.121 e. The van der Waals surface area contributed by atoms with Gasteiger partial charge in [0.1, 0.15) is 11.4 Å². The van der Waals surface area contributed by atoms with Crippen LogP contribution < -0.4 is 4.74 Å². The standard InChI is InChI=1S/C18H18O2S/c1-12-10-14(20-3)8-9-15(12)18(2,19)17-11-13-6-4-5-7-16(13)21-17/h4-11,19H,1-3H3. The van der Waals surface area contributed by atoms with Gasteiger partial charge in [-0.3, -0.25) is 0 Å². The molecule has 3 rings (SSSR count). The second kappa shape index (κ2) is 5.17. The molecule has 0 fully saturated rings. The summed E-state index contributed by atoms with van der Waals surface area (Å²) >= 11 is 1.64. The van der Waals surface area contributed by atoms with Gasteiger partial charge in [-0.15, -0.1) is 11.3 Å². The molecule has 108 valence electrons. The predicted octanol–water partition coefficient (Wildman–Crippen LogP) is 4.47. The maximum atomic E-state index is 11.1. The topological polar surface area (TPSA) is 29.5 Å². The van der Waals surface area contributed by atoms with Gasteiger partial charge in [-0.1, -0.05) is 24.3 Å². The second-order valence-corrected chi connectivity index (χ2v) is 6.49. The molecule has 21 heavy (non-hydrogen) atoms. The maximum Gasteiger partial charge on any atom is 0.121 e. The summed E-state index contributed by atoms with van der Waals surface area (Å²) in [5.41, 5.74) is 0.937. The number of methoxy groups -OCH3 is 1. The third-order valence-electron chi connectivity index (χ3n) is 3.86. The van der Waals surface area contributed by atoms with Crippen LogP contribution in [0.1, 0.15) is 22.9 Å². The quantitative estimate of drug-likeness (QED) is 0.773. The van der Waals surface area contributed by atoms with E-state index in [1.807, 2.05) is 44.2 Å². The van der Waals surface area contributed by atoms with Gasteiger partial charge in [0.2, 0.25) is 0 Å². The third kappa shape index (κ3) is 2.43. The van der Waals surface area contributed by atoms with Gasteiger partial charge in [0.15, 0.2) is 0 Å². The summed E-state index contributed by atoms with van der Waals surface area (Å²) in [6.07, 6.45) is 0. The second-order valence-electron chi connectivity index (χ2n) is 5.40. The molecule has 0 bridgehead atoms. The first-order valence-electron chi connectivity index (χ1n) is 6.89. The largest absolute Gasteiger partial charge is 0.497 e. The molecule has 3 aromatic rings. The summed E-state index contributed by atoms with van der Waals surface area (Å²) in [4.78, 5) is 0.956. The molecule has 1 heterocycles. The highest BCUT2D eigenvalue weighted by atomic mass is 32.1. The molecule has 2 nitrogen and oxygen atoms in total. The lowest BCUT2D eigenvalue weighted by Gasteiger charge is -2.24. The Hall–Kier alpha value is -1.84. The Balaban J connectivity index is 2.10. The molecule has 0 spiro atoms. The molecule has 0 aliphatic rings. The minimum atomic E-state index is -1.000. The minimum Gasteiger partial charge on any atom is -0.497 e. The molecule has 1 unspecified atom stereocenters. The van der Waals surface area contributed by atoms with Crippen LogP contribution in [0.15, 0.2) is 48.5 Å². The van der Waals surface area contributed by atoms with E-state index in [1.165, 1.54) is 10.1 Å². The Bertz CT molecular complexity index is 754. The van der Waals surface area contributed by atoms with Crippen molar-refractivity contribution in [2.24, 2.45) is 0 Å². The average Bonchev–Trinajstić information content (AvgIpc) is 2.91. The zero-order chi connectivity index (χ0) is 15.0. The van der Waals surface area contributed by atoms with Crippen LogP contribution in [0.25, 0.3) is 10.1 Å². The van der Waals surface area contributed by atoms with Crippen molar-refractivity contribution in [3.8, 4) is 5.75 Å². The molecule has 1 atom stereocenters. The van der Waals surface area contributed by atoms with Crippen LogP contribution in [0.2, 0.25) is 0 Å². The van der Waals surface area contributed by atoms with Gasteiger partial charge in [-0.25, -0.2) is 0 Å². The van der Waals surface area contributed by atoms with E-state index in [4.69, 9.17) is 4.74 Å². The lowest BCUT2D eigenvalue weighted by atomic mass is 9.90. The van der Waals surface area contributed by atoms with Gasteiger partial charge >= 0.3 is 0 Å². The van der Waals surface area contributed by atoms with E-state index < -0.39 is 5.60 Å². The number of rotatable bonds is 3. The Morgan fingerprint density at radius 2 is 1.86 bits per heavy atom. The molecular formula is C18H18O2S. The molecule has 0 aliphatic heterocycles. The summed E-state index contributed by atoms with van der Waals surface area (Å²) < 4.78 is 6.43. The first-order chi connectivity index (χ1) is 10.0. The first-order valence-corrected chi connectivity index (χ1v) is 7.70. The molecule has 0 saturated carbocycles. The highest BCUT2D eigenvalue weighted by Gasteiger charge is 2.29.